The summed E-state index contributed by atoms with van der Waals surface area (Å²) in [7, 11) is 0. The van der Waals surface area contributed by atoms with Crippen LogP contribution in [0.15, 0.2) is 6.20 Å². The molecule has 0 saturated carbocycles. The Labute approximate surface area is 95.5 Å². The van der Waals surface area contributed by atoms with E-state index in [1.807, 2.05) is 6.92 Å². The SMILES string of the molecule is CCC(C)CC(C)Nc1nc(N)ncc1F. The highest BCUT2D eigenvalue weighted by atomic mass is 19.1. The van der Waals surface area contributed by atoms with Crippen LogP contribution in [0.4, 0.5) is 16.2 Å². The number of nitrogen functional groups attached to an aromatic ring is 1. The van der Waals surface area contributed by atoms with E-state index in [-0.39, 0.29) is 17.8 Å². The molecule has 0 bridgehead atoms. The van der Waals surface area contributed by atoms with Crippen LogP contribution in [0.5, 0.6) is 0 Å². The lowest BCUT2D eigenvalue weighted by atomic mass is 10.0. The number of hydrogen-bond acceptors (Lipinski definition) is 4. The summed E-state index contributed by atoms with van der Waals surface area (Å²) >= 11 is 0. The van der Waals surface area contributed by atoms with Crippen LogP contribution in [0.25, 0.3) is 0 Å². The number of aromatic nitrogens is 2. The summed E-state index contributed by atoms with van der Waals surface area (Å²) in [6.45, 7) is 6.31. The van der Waals surface area contributed by atoms with Gasteiger partial charge in [0.2, 0.25) is 5.95 Å². The lowest BCUT2D eigenvalue weighted by Gasteiger charge is -2.18. The Morgan fingerprint density at radius 2 is 2.19 bits per heavy atom. The van der Waals surface area contributed by atoms with Gasteiger partial charge in [-0.2, -0.15) is 4.98 Å². The van der Waals surface area contributed by atoms with Crippen molar-refractivity contribution in [3.63, 3.8) is 0 Å². The molecule has 1 heterocycles. The van der Waals surface area contributed by atoms with Gasteiger partial charge in [-0.05, 0) is 19.3 Å². The molecule has 1 aromatic rings. The maximum Gasteiger partial charge on any atom is 0.222 e. The predicted molar refractivity (Wildman–Crippen MR) is 63.6 cm³/mol. The monoisotopic (exact) mass is 226 g/mol. The smallest absolute Gasteiger partial charge is 0.222 e. The van der Waals surface area contributed by atoms with E-state index < -0.39 is 5.82 Å². The van der Waals surface area contributed by atoms with Crippen LogP contribution in [-0.4, -0.2) is 16.0 Å². The van der Waals surface area contributed by atoms with Gasteiger partial charge in [0, 0.05) is 6.04 Å². The largest absolute Gasteiger partial charge is 0.368 e. The van der Waals surface area contributed by atoms with Gasteiger partial charge in [-0.3, -0.25) is 0 Å². The second-order valence-electron chi connectivity index (χ2n) is 4.22. The summed E-state index contributed by atoms with van der Waals surface area (Å²) in [5.74, 6) is 0.401. The molecule has 2 atom stereocenters. The van der Waals surface area contributed by atoms with Gasteiger partial charge in [-0.1, -0.05) is 20.3 Å². The third kappa shape index (κ3) is 3.64. The fraction of sp³-hybridized carbons (Fsp3) is 0.636. The van der Waals surface area contributed by atoms with E-state index in [9.17, 15) is 4.39 Å². The van der Waals surface area contributed by atoms with Crippen molar-refractivity contribution in [3.05, 3.63) is 12.0 Å². The number of hydrogen-bond donors (Lipinski definition) is 2. The summed E-state index contributed by atoms with van der Waals surface area (Å²) < 4.78 is 13.3. The quantitative estimate of drug-likeness (QED) is 0.809. The minimum Gasteiger partial charge on any atom is -0.368 e. The molecule has 1 aromatic heterocycles. The highest BCUT2D eigenvalue weighted by molar-refractivity contribution is 5.39. The summed E-state index contributed by atoms with van der Waals surface area (Å²) in [6.07, 6.45) is 3.17. The Hall–Kier alpha value is -1.39. The summed E-state index contributed by atoms with van der Waals surface area (Å²) in [5, 5.41) is 3.01. The van der Waals surface area contributed by atoms with Gasteiger partial charge in [-0.15, -0.1) is 0 Å². The lowest BCUT2D eigenvalue weighted by Crippen LogP contribution is -2.20. The zero-order chi connectivity index (χ0) is 12.1. The molecule has 0 fully saturated rings. The van der Waals surface area contributed by atoms with E-state index in [0.29, 0.717) is 5.92 Å². The molecular weight excluding hydrogens is 207 g/mol. The number of nitrogens with one attached hydrogen (secondary N) is 1. The van der Waals surface area contributed by atoms with Crippen LogP contribution < -0.4 is 11.1 Å². The molecule has 4 nitrogen and oxygen atoms in total. The molecule has 0 radical (unpaired) electrons. The Balaban J connectivity index is 2.61. The zero-order valence-electron chi connectivity index (χ0n) is 10.00. The number of halogens is 1. The summed E-state index contributed by atoms with van der Waals surface area (Å²) in [5.41, 5.74) is 5.40. The normalized spacial score (nSPS) is 14.5. The van der Waals surface area contributed by atoms with Crippen LogP contribution >= 0.6 is 0 Å². The molecule has 2 unspecified atom stereocenters. The number of nitrogens with zero attached hydrogens (tertiary/aromatic N) is 2. The summed E-state index contributed by atoms with van der Waals surface area (Å²) in [4.78, 5) is 7.40. The molecule has 0 aliphatic heterocycles. The zero-order valence-corrected chi connectivity index (χ0v) is 10.00. The van der Waals surface area contributed by atoms with Crippen molar-refractivity contribution in [1.82, 2.24) is 9.97 Å². The molecular formula is C11H19FN4. The van der Waals surface area contributed by atoms with E-state index >= 15 is 0 Å². The van der Waals surface area contributed by atoms with E-state index in [2.05, 4.69) is 29.1 Å². The van der Waals surface area contributed by atoms with Gasteiger partial charge in [0.1, 0.15) is 0 Å². The third-order valence-corrected chi connectivity index (χ3v) is 2.60. The van der Waals surface area contributed by atoms with Crippen LogP contribution in [0.1, 0.15) is 33.6 Å². The first-order valence-corrected chi connectivity index (χ1v) is 5.57. The maximum atomic E-state index is 13.3. The first kappa shape index (κ1) is 12.7. The van der Waals surface area contributed by atoms with Gasteiger partial charge in [0.05, 0.1) is 6.20 Å². The highest BCUT2D eigenvalue weighted by Gasteiger charge is 2.11. The molecule has 3 N–H and O–H groups in total. The van der Waals surface area contributed by atoms with Crippen LogP contribution in [0, 0.1) is 11.7 Å². The molecule has 0 spiro atoms. The molecule has 0 aliphatic carbocycles. The average Bonchev–Trinajstić information content (AvgIpc) is 2.23. The average molecular weight is 226 g/mol. The van der Waals surface area contributed by atoms with Crippen LogP contribution in [0.2, 0.25) is 0 Å². The predicted octanol–water partition coefficient (Wildman–Crippen LogP) is 2.43. The highest BCUT2D eigenvalue weighted by Crippen LogP contribution is 2.16. The molecule has 0 saturated heterocycles. The number of rotatable bonds is 5. The van der Waals surface area contributed by atoms with Crippen molar-refractivity contribution in [2.24, 2.45) is 5.92 Å². The Kier molecular flexibility index (Phi) is 4.46. The third-order valence-electron chi connectivity index (χ3n) is 2.60. The second-order valence-corrected chi connectivity index (χ2v) is 4.22. The fourth-order valence-corrected chi connectivity index (χ4v) is 1.54. The molecule has 5 heteroatoms. The van der Waals surface area contributed by atoms with Crippen molar-refractivity contribution in [1.29, 1.82) is 0 Å². The van der Waals surface area contributed by atoms with E-state index in [0.717, 1.165) is 19.0 Å². The second kappa shape index (κ2) is 5.63. The standard InChI is InChI=1S/C11H19FN4/c1-4-7(2)5-8(3)15-10-9(12)6-14-11(13)16-10/h6-8H,4-5H2,1-3H3,(H3,13,14,15,16). The first-order chi connectivity index (χ1) is 7.52. The summed E-state index contributed by atoms with van der Waals surface area (Å²) in [6, 6.07) is 0.166. The molecule has 1 rings (SSSR count). The molecule has 90 valence electrons. The number of nitrogens with two attached hydrogens (primary N) is 1. The van der Waals surface area contributed by atoms with Crippen molar-refractivity contribution in [3.8, 4) is 0 Å². The minimum atomic E-state index is -0.467. The van der Waals surface area contributed by atoms with Crippen LogP contribution in [0.3, 0.4) is 0 Å². The van der Waals surface area contributed by atoms with E-state index in [1.165, 1.54) is 0 Å². The fourth-order valence-electron chi connectivity index (χ4n) is 1.54. The Bertz CT molecular complexity index is 343. The van der Waals surface area contributed by atoms with Crippen molar-refractivity contribution in [2.45, 2.75) is 39.7 Å². The van der Waals surface area contributed by atoms with Gasteiger partial charge in [-0.25, -0.2) is 9.37 Å². The Morgan fingerprint density at radius 1 is 1.50 bits per heavy atom. The van der Waals surface area contributed by atoms with E-state index in [1.54, 1.807) is 0 Å². The van der Waals surface area contributed by atoms with Crippen LogP contribution in [-0.2, 0) is 0 Å². The lowest BCUT2D eigenvalue weighted by molar-refractivity contribution is 0.481. The van der Waals surface area contributed by atoms with Crippen molar-refractivity contribution < 1.29 is 4.39 Å². The van der Waals surface area contributed by atoms with E-state index in [4.69, 9.17) is 5.73 Å². The maximum absolute atomic E-state index is 13.3. The van der Waals surface area contributed by atoms with Crippen molar-refractivity contribution >= 4 is 11.8 Å². The van der Waals surface area contributed by atoms with Gasteiger partial charge >= 0.3 is 0 Å². The molecule has 0 amide bonds. The Morgan fingerprint density at radius 3 is 2.81 bits per heavy atom. The number of anilines is 2. The van der Waals surface area contributed by atoms with Gasteiger partial charge < -0.3 is 11.1 Å². The molecule has 16 heavy (non-hydrogen) atoms. The molecule has 0 aliphatic rings. The van der Waals surface area contributed by atoms with Gasteiger partial charge in [0.25, 0.3) is 0 Å². The van der Waals surface area contributed by atoms with Gasteiger partial charge in [0.15, 0.2) is 11.6 Å². The first-order valence-electron chi connectivity index (χ1n) is 5.57. The molecule has 0 aromatic carbocycles. The minimum absolute atomic E-state index is 0.0830. The van der Waals surface area contributed by atoms with Crippen molar-refractivity contribution in [2.75, 3.05) is 11.1 Å². The topological polar surface area (TPSA) is 63.8 Å².